The summed E-state index contributed by atoms with van der Waals surface area (Å²) < 4.78 is 0. The number of nitrogens with one attached hydrogen (secondary N) is 1. The first-order valence-corrected chi connectivity index (χ1v) is 4.66. The van der Waals surface area contributed by atoms with Gasteiger partial charge in [-0.15, -0.1) is 0 Å². The molecule has 1 aliphatic heterocycles. The monoisotopic (exact) mass is 190 g/mol. The molecule has 0 aliphatic carbocycles. The van der Waals surface area contributed by atoms with Gasteiger partial charge in [-0.3, -0.25) is 9.78 Å². The number of rotatable bonds is 1. The van der Waals surface area contributed by atoms with Crippen LogP contribution in [0.3, 0.4) is 0 Å². The summed E-state index contributed by atoms with van der Waals surface area (Å²) in [6, 6.07) is 3.55. The van der Waals surface area contributed by atoms with Gasteiger partial charge in [-0.05, 0) is 19.1 Å². The first-order chi connectivity index (χ1) is 6.79. The van der Waals surface area contributed by atoms with Crippen LogP contribution in [0.5, 0.6) is 0 Å². The SMILES string of the molecule is CC1NCCN(c2[c]nccc2)C1=O. The van der Waals surface area contributed by atoms with Crippen LogP contribution in [-0.4, -0.2) is 30.0 Å². The average molecular weight is 190 g/mol. The van der Waals surface area contributed by atoms with E-state index in [0.717, 1.165) is 12.2 Å². The van der Waals surface area contributed by atoms with E-state index in [-0.39, 0.29) is 11.9 Å². The van der Waals surface area contributed by atoms with Gasteiger partial charge < -0.3 is 10.2 Å². The van der Waals surface area contributed by atoms with Gasteiger partial charge in [-0.2, -0.15) is 0 Å². The molecule has 1 fully saturated rings. The Labute approximate surface area is 82.9 Å². The van der Waals surface area contributed by atoms with Crippen LogP contribution in [0.1, 0.15) is 6.92 Å². The maximum atomic E-state index is 11.7. The standard InChI is InChI=1S/C10H12N3O/c1-8-10(14)13(6-5-12-8)9-3-2-4-11-7-9/h2-4,8,12H,5-6H2,1H3. The molecule has 1 aliphatic rings. The van der Waals surface area contributed by atoms with E-state index in [1.165, 1.54) is 0 Å². The predicted octanol–water partition coefficient (Wildman–Crippen LogP) is 0.206. The molecule has 1 amide bonds. The number of piperazine rings is 1. The summed E-state index contributed by atoms with van der Waals surface area (Å²) in [6.45, 7) is 3.37. The molecule has 4 heteroatoms. The molecule has 73 valence electrons. The molecule has 1 aromatic heterocycles. The average Bonchev–Trinajstić information content (AvgIpc) is 2.23. The topological polar surface area (TPSA) is 45.2 Å². The van der Waals surface area contributed by atoms with Gasteiger partial charge in [-0.25, -0.2) is 0 Å². The van der Waals surface area contributed by atoms with Crippen LogP contribution in [0.2, 0.25) is 0 Å². The number of hydrogen-bond acceptors (Lipinski definition) is 3. The number of amides is 1. The van der Waals surface area contributed by atoms with Crippen molar-refractivity contribution in [2.24, 2.45) is 0 Å². The molecule has 14 heavy (non-hydrogen) atoms. The van der Waals surface area contributed by atoms with Crippen LogP contribution in [-0.2, 0) is 4.79 Å². The van der Waals surface area contributed by atoms with E-state index >= 15 is 0 Å². The van der Waals surface area contributed by atoms with Crippen LogP contribution >= 0.6 is 0 Å². The third-order valence-electron chi connectivity index (χ3n) is 2.31. The van der Waals surface area contributed by atoms with Crippen LogP contribution in [0.4, 0.5) is 5.69 Å². The molecular weight excluding hydrogens is 178 g/mol. The van der Waals surface area contributed by atoms with Gasteiger partial charge in [0.1, 0.15) is 6.20 Å². The zero-order chi connectivity index (χ0) is 9.97. The van der Waals surface area contributed by atoms with Gasteiger partial charge in [0.05, 0.1) is 11.7 Å². The lowest BCUT2D eigenvalue weighted by Gasteiger charge is -2.30. The van der Waals surface area contributed by atoms with Gasteiger partial charge in [0.15, 0.2) is 0 Å². The maximum absolute atomic E-state index is 11.7. The van der Waals surface area contributed by atoms with Crippen molar-refractivity contribution in [1.82, 2.24) is 10.3 Å². The summed E-state index contributed by atoms with van der Waals surface area (Å²) in [5.74, 6) is 0.0838. The molecular formula is C10H12N3O. The Balaban J connectivity index is 2.22. The first kappa shape index (κ1) is 9.15. The molecule has 1 N–H and O–H groups in total. The Kier molecular flexibility index (Phi) is 2.45. The van der Waals surface area contributed by atoms with Crippen molar-refractivity contribution in [3.63, 3.8) is 0 Å². The fraction of sp³-hybridized carbons (Fsp3) is 0.400. The number of aromatic nitrogens is 1. The number of hydrogen-bond donors (Lipinski definition) is 1. The third-order valence-corrected chi connectivity index (χ3v) is 2.31. The second-order valence-electron chi connectivity index (χ2n) is 3.30. The maximum Gasteiger partial charge on any atom is 0.243 e. The van der Waals surface area contributed by atoms with Crippen molar-refractivity contribution in [2.45, 2.75) is 13.0 Å². The number of carbonyl (C=O) groups is 1. The molecule has 1 unspecified atom stereocenters. The minimum atomic E-state index is -0.114. The molecule has 0 aromatic carbocycles. The Morgan fingerprint density at radius 2 is 2.57 bits per heavy atom. The van der Waals surface area contributed by atoms with Crippen molar-refractivity contribution >= 4 is 11.6 Å². The highest BCUT2D eigenvalue weighted by Crippen LogP contribution is 2.13. The summed E-state index contributed by atoms with van der Waals surface area (Å²) in [7, 11) is 0. The van der Waals surface area contributed by atoms with Crippen LogP contribution in [0.25, 0.3) is 0 Å². The van der Waals surface area contributed by atoms with Crippen molar-refractivity contribution in [2.75, 3.05) is 18.0 Å². The lowest BCUT2D eigenvalue weighted by Crippen LogP contribution is -2.53. The van der Waals surface area contributed by atoms with Crippen molar-refractivity contribution in [1.29, 1.82) is 0 Å². The molecule has 1 atom stereocenters. The minimum Gasteiger partial charge on any atom is -0.308 e. The fourth-order valence-corrected chi connectivity index (χ4v) is 1.53. The lowest BCUT2D eigenvalue weighted by molar-refractivity contribution is -0.121. The summed E-state index contributed by atoms with van der Waals surface area (Å²) >= 11 is 0. The predicted molar refractivity (Wildman–Crippen MR) is 52.9 cm³/mol. The highest BCUT2D eigenvalue weighted by molar-refractivity contribution is 5.97. The van der Waals surface area contributed by atoms with Crippen molar-refractivity contribution in [3.05, 3.63) is 24.5 Å². The molecule has 2 heterocycles. The van der Waals surface area contributed by atoms with Crippen molar-refractivity contribution in [3.8, 4) is 0 Å². The second kappa shape index (κ2) is 3.75. The highest BCUT2D eigenvalue weighted by Gasteiger charge is 2.25. The fourth-order valence-electron chi connectivity index (χ4n) is 1.53. The van der Waals surface area contributed by atoms with E-state index in [1.54, 1.807) is 11.1 Å². The van der Waals surface area contributed by atoms with Gasteiger partial charge in [0.2, 0.25) is 5.91 Å². The lowest BCUT2D eigenvalue weighted by atomic mass is 10.2. The Hall–Kier alpha value is -1.42. The van der Waals surface area contributed by atoms with Gasteiger partial charge in [0.25, 0.3) is 0 Å². The smallest absolute Gasteiger partial charge is 0.243 e. The third kappa shape index (κ3) is 1.61. The summed E-state index contributed by atoms with van der Waals surface area (Å²) in [6.07, 6.45) is 4.47. The van der Waals surface area contributed by atoms with Crippen LogP contribution < -0.4 is 10.2 Å². The number of nitrogens with zero attached hydrogens (tertiary/aromatic N) is 2. The molecule has 1 radical (unpaired) electrons. The molecule has 1 aromatic rings. The molecule has 4 nitrogen and oxygen atoms in total. The van der Waals surface area contributed by atoms with E-state index in [9.17, 15) is 4.79 Å². The highest BCUT2D eigenvalue weighted by atomic mass is 16.2. The van der Waals surface area contributed by atoms with E-state index in [4.69, 9.17) is 0 Å². The van der Waals surface area contributed by atoms with Gasteiger partial charge in [-0.1, -0.05) is 0 Å². The minimum absolute atomic E-state index is 0.0838. The quantitative estimate of drug-likeness (QED) is 0.688. The number of anilines is 1. The number of pyridine rings is 1. The van der Waals surface area contributed by atoms with E-state index in [1.807, 2.05) is 19.1 Å². The van der Waals surface area contributed by atoms with Crippen LogP contribution in [0.15, 0.2) is 18.3 Å². The largest absolute Gasteiger partial charge is 0.308 e. The zero-order valence-corrected chi connectivity index (χ0v) is 8.03. The van der Waals surface area contributed by atoms with E-state index in [2.05, 4.69) is 16.5 Å². The van der Waals surface area contributed by atoms with E-state index in [0.29, 0.717) is 6.54 Å². The van der Waals surface area contributed by atoms with E-state index < -0.39 is 0 Å². The normalized spacial score (nSPS) is 22.5. The second-order valence-corrected chi connectivity index (χ2v) is 3.30. The molecule has 1 saturated heterocycles. The first-order valence-electron chi connectivity index (χ1n) is 4.66. The molecule has 0 saturated carbocycles. The molecule has 0 bridgehead atoms. The number of carbonyl (C=O) groups excluding carboxylic acids is 1. The summed E-state index contributed by atoms with van der Waals surface area (Å²) in [4.78, 5) is 17.3. The Morgan fingerprint density at radius 1 is 1.71 bits per heavy atom. The Bertz CT molecular complexity index is 325. The molecule has 0 spiro atoms. The summed E-state index contributed by atoms with van der Waals surface area (Å²) in [5.41, 5.74) is 0.755. The summed E-state index contributed by atoms with van der Waals surface area (Å²) in [5, 5.41) is 3.11. The van der Waals surface area contributed by atoms with Crippen LogP contribution in [0, 0.1) is 6.20 Å². The van der Waals surface area contributed by atoms with Gasteiger partial charge in [0, 0.05) is 19.3 Å². The zero-order valence-electron chi connectivity index (χ0n) is 8.03. The molecule has 2 rings (SSSR count). The van der Waals surface area contributed by atoms with Crippen molar-refractivity contribution < 1.29 is 4.79 Å². The Morgan fingerprint density at radius 3 is 3.29 bits per heavy atom. The van der Waals surface area contributed by atoms with Gasteiger partial charge >= 0.3 is 0 Å².